The molecule has 0 aliphatic carbocycles. The smallest absolute Gasteiger partial charge is 0.224 e. The number of methoxy groups -OCH3 is 2. The minimum Gasteiger partial charge on any atom is -0.481 e. The fourth-order valence-corrected chi connectivity index (χ4v) is 1.35. The Balaban J connectivity index is 2.90. The number of ether oxygens (including phenoxy) is 2. The molecule has 1 aromatic rings. The number of aliphatic hydroxyl groups is 1. The van der Waals surface area contributed by atoms with Gasteiger partial charge in [-0.3, -0.25) is 0 Å². The first-order valence-corrected chi connectivity index (χ1v) is 5.77. The molecular formula is C12H21N3O3. The van der Waals surface area contributed by atoms with E-state index in [1.165, 1.54) is 6.33 Å². The highest BCUT2D eigenvalue weighted by atomic mass is 16.5. The summed E-state index contributed by atoms with van der Waals surface area (Å²) in [6.45, 7) is 6.02. The lowest BCUT2D eigenvalue weighted by atomic mass is 9.98. The van der Waals surface area contributed by atoms with E-state index in [9.17, 15) is 5.11 Å². The first-order chi connectivity index (χ1) is 8.42. The van der Waals surface area contributed by atoms with Gasteiger partial charge in [-0.15, -0.1) is 0 Å². The molecule has 102 valence electrons. The van der Waals surface area contributed by atoms with Gasteiger partial charge in [-0.2, -0.15) is 0 Å². The summed E-state index contributed by atoms with van der Waals surface area (Å²) >= 11 is 0. The number of nitrogens with zero attached hydrogens (tertiary/aromatic N) is 2. The summed E-state index contributed by atoms with van der Waals surface area (Å²) < 4.78 is 10.4. The van der Waals surface area contributed by atoms with Crippen molar-refractivity contribution in [2.24, 2.45) is 0 Å². The van der Waals surface area contributed by atoms with Crippen molar-refractivity contribution in [2.75, 3.05) is 14.2 Å². The monoisotopic (exact) mass is 255 g/mol. The molecule has 18 heavy (non-hydrogen) atoms. The molecule has 0 bridgehead atoms. The summed E-state index contributed by atoms with van der Waals surface area (Å²) in [6.07, 6.45) is 0.903. The number of rotatable bonds is 6. The zero-order valence-electron chi connectivity index (χ0n) is 11.5. The second-order valence-electron chi connectivity index (χ2n) is 4.62. The summed E-state index contributed by atoms with van der Waals surface area (Å²) in [5, 5.41) is 12.9. The molecule has 2 N–H and O–H groups in total. The number of nitrogens with one attached hydrogen (secondary N) is 1. The average Bonchev–Trinajstić information content (AvgIpc) is 2.35. The molecule has 0 radical (unpaired) electrons. The van der Waals surface area contributed by atoms with Gasteiger partial charge in [0.2, 0.25) is 11.8 Å². The Morgan fingerprint density at radius 1 is 1.28 bits per heavy atom. The third kappa shape index (κ3) is 3.30. The van der Waals surface area contributed by atoms with Gasteiger partial charge in [0.25, 0.3) is 0 Å². The molecule has 0 aromatic carbocycles. The first-order valence-electron chi connectivity index (χ1n) is 5.77. The summed E-state index contributed by atoms with van der Waals surface area (Å²) in [7, 11) is 3.09. The molecule has 0 saturated carbocycles. The fourth-order valence-electron chi connectivity index (χ4n) is 1.35. The Morgan fingerprint density at radius 3 is 2.17 bits per heavy atom. The standard InChI is InChI=1S/C12H21N3O3/c1-8(16)12(2,3)15-6-9-10(17-4)13-7-14-11(9)18-5/h7-8,15-16H,6H2,1-5H3. The van der Waals surface area contributed by atoms with Crippen LogP contribution in [0.1, 0.15) is 26.3 Å². The molecule has 1 heterocycles. The van der Waals surface area contributed by atoms with Crippen LogP contribution in [0.2, 0.25) is 0 Å². The van der Waals surface area contributed by atoms with Crippen molar-refractivity contribution in [1.82, 2.24) is 15.3 Å². The van der Waals surface area contributed by atoms with E-state index >= 15 is 0 Å². The third-order valence-electron chi connectivity index (χ3n) is 3.02. The zero-order chi connectivity index (χ0) is 13.8. The van der Waals surface area contributed by atoms with E-state index in [0.29, 0.717) is 18.3 Å². The molecule has 0 amide bonds. The van der Waals surface area contributed by atoms with Crippen LogP contribution in [0.4, 0.5) is 0 Å². The molecule has 0 spiro atoms. The van der Waals surface area contributed by atoms with Gasteiger partial charge in [0.15, 0.2) is 0 Å². The Bertz CT molecular complexity index is 372. The first kappa shape index (κ1) is 14.7. The number of hydrogen-bond acceptors (Lipinski definition) is 6. The van der Waals surface area contributed by atoms with Crippen LogP contribution in [-0.4, -0.2) is 40.9 Å². The van der Waals surface area contributed by atoms with E-state index in [0.717, 1.165) is 5.56 Å². The van der Waals surface area contributed by atoms with Crippen molar-refractivity contribution in [3.05, 3.63) is 11.9 Å². The second kappa shape index (κ2) is 5.97. The van der Waals surface area contributed by atoms with E-state index in [4.69, 9.17) is 9.47 Å². The Kier molecular flexibility index (Phi) is 4.86. The van der Waals surface area contributed by atoms with Crippen LogP contribution in [0.25, 0.3) is 0 Å². The minimum atomic E-state index is -0.487. The molecule has 0 fully saturated rings. The Labute approximate surface area is 107 Å². The highest BCUT2D eigenvalue weighted by Gasteiger charge is 2.24. The van der Waals surface area contributed by atoms with Crippen molar-refractivity contribution < 1.29 is 14.6 Å². The normalized spacial score (nSPS) is 13.2. The van der Waals surface area contributed by atoms with Crippen LogP contribution in [0.15, 0.2) is 6.33 Å². The largest absolute Gasteiger partial charge is 0.481 e. The van der Waals surface area contributed by atoms with Crippen LogP contribution in [0.5, 0.6) is 11.8 Å². The van der Waals surface area contributed by atoms with E-state index in [1.54, 1.807) is 21.1 Å². The van der Waals surface area contributed by atoms with Gasteiger partial charge >= 0.3 is 0 Å². The van der Waals surface area contributed by atoms with Crippen LogP contribution in [-0.2, 0) is 6.54 Å². The van der Waals surface area contributed by atoms with Gasteiger partial charge in [-0.05, 0) is 20.8 Å². The number of aromatic nitrogens is 2. The van der Waals surface area contributed by atoms with Crippen molar-refractivity contribution in [2.45, 2.75) is 39.0 Å². The Hall–Kier alpha value is -1.40. The van der Waals surface area contributed by atoms with E-state index < -0.39 is 11.6 Å². The highest BCUT2D eigenvalue weighted by molar-refractivity contribution is 5.34. The lowest BCUT2D eigenvalue weighted by molar-refractivity contribution is 0.0952. The van der Waals surface area contributed by atoms with Crippen LogP contribution >= 0.6 is 0 Å². The van der Waals surface area contributed by atoms with Gasteiger partial charge in [-0.25, -0.2) is 9.97 Å². The topological polar surface area (TPSA) is 76.5 Å². The number of aliphatic hydroxyl groups excluding tert-OH is 1. The SMILES string of the molecule is COc1ncnc(OC)c1CNC(C)(C)C(C)O. The van der Waals surface area contributed by atoms with Crippen molar-refractivity contribution in [3.63, 3.8) is 0 Å². The molecule has 0 aliphatic rings. The maximum atomic E-state index is 9.65. The van der Waals surface area contributed by atoms with Crippen molar-refractivity contribution >= 4 is 0 Å². The van der Waals surface area contributed by atoms with Crippen LogP contribution < -0.4 is 14.8 Å². The lowest BCUT2D eigenvalue weighted by Crippen LogP contribution is -2.47. The maximum Gasteiger partial charge on any atom is 0.224 e. The molecule has 0 saturated heterocycles. The molecule has 1 unspecified atom stereocenters. The molecule has 1 rings (SSSR count). The molecule has 6 heteroatoms. The van der Waals surface area contributed by atoms with Gasteiger partial charge in [0, 0.05) is 12.1 Å². The summed E-state index contributed by atoms with van der Waals surface area (Å²) in [5.41, 5.74) is 0.308. The van der Waals surface area contributed by atoms with Crippen LogP contribution in [0.3, 0.4) is 0 Å². The van der Waals surface area contributed by atoms with E-state index in [2.05, 4.69) is 15.3 Å². The molecule has 1 atom stereocenters. The maximum absolute atomic E-state index is 9.65. The average molecular weight is 255 g/mol. The predicted molar refractivity (Wildman–Crippen MR) is 67.7 cm³/mol. The molecule has 1 aromatic heterocycles. The van der Waals surface area contributed by atoms with E-state index in [-0.39, 0.29) is 0 Å². The fraction of sp³-hybridized carbons (Fsp3) is 0.667. The molecule has 0 aliphatic heterocycles. The van der Waals surface area contributed by atoms with Gasteiger partial charge in [0.05, 0.1) is 25.9 Å². The molecular weight excluding hydrogens is 234 g/mol. The second-order valence-corrected chi connectivity index (χ2v) is 4.62. The zero-order valence-corrected chi connectivity index (χ0v) is 11.5. The van der Waals surface area contributed by atoms with E-state index in [1.807, 2.05) is 13.8 Å². The lowest BCUT2D eigenvalue weighted by Gasteiger charge is -2.29. The summed E-state index contributed by atoms with van der Waals surface area (Å²) in [4.78, 5) is 8.07. The van der Waals surface area contributed by atoms with Gasteiger partial charge < -0.3 is 19.9 Å². The van der Waals surface area contributed by atoms with Gasteiger partial charge in [0.1, 0.15) is 6.33 Å². The van der Waals surface area contributed by atoms with Gasteiger partial charge in [-0.1, -0.05) is 0 Å². The number of hydrogen-bond donors (Lipinski definition) is 2. The van der Waals surface area contributed by atoms with Crippen molar-refractivity contribution in [3.8, 4) is 11.8 Å². The van der Waals surface area contributed by atoms with Crippen molar-refractivity contribution in [1.29, 1.82) is 0 Å². The highest BCUT2D eigenvalue weighted by Crippen LogP contribution is 2.24. The van der Waals surface area contributed by atoms with Crippen LogP contribution in [0, 0.1) is 0 Å². The molecule has 6 nitrogen and oxygen atoms in total. The summed E-state index contributed by atoms with van der Waals surface area (Å²) in [6, 6.07) is 0. The predicted octanol–water partition coefficient (Wildman–Crippen LogP) is 0.743. The Morgan fingerprint density at radius 2 is 1.78 bits per heavy atom. The summed E-state index contributed by atoms with van der Waals surface area (Å²) in [5.74, 6) is 0.937. The minimum absolute atomic E-state index is 0.425. The quantitative estimate of drug-likeness (QED) is 0.781. The third-order valence-corrected chi connectivity index (χ3v) is 3.02.